The first-order valence-corrected chi connectivity index (χ1v) is 7.21. The summed E-state index contributed by atoms with van der Waals surface area (Å²) in [4.78, 5) is 15.3. The maximum Gasteiger partial charge on any atom is 0.272 e. The van der Waals surface area contributed by atoms with Gasteiger partial charge in [-0.25, -0.2) is 0 Å². The summed E-state index contributed by atoms with van der Waals surface area (Å²) in [6.07, 6.45) is 2.10. The van der Waals surface area contributed by atoms with Gasteiger partial charge in [-0.1, -0.05) is 6.07 Å². The maximum atomic E-state index is 10.8. The van der Waals surface area contributed by atoms with Crippen molar-refractivity contribution in [3.8, 4) is 0 Å². The summed E-state index contributed by atoms with van der Waals surface area (Å²) in [5.74, 6) is 0. The summed E-state index contributed by atoms with van der Waals surface area (Å²) in [5.41, 5.74) is 2.17. The van der Waals surface area contributed by atoms with Crippen molar-refractivity contribution in [1.82, 2.24) is 9.80 Å². The fourth-order valence-electron chi connectivity index (χ4n) is 2.66. The van der Waals surface area contributed by atoms with Crippen molar-refractivity contribution in [3.63, 3.8) is 0 Å². The average Bonchev–Trinajstić information content (AvgIpc) is 2.41. The molecular weight excluding hydrogens is 254 g/mol. The Morgan fingerprint density at radius 3 is 2.55 bits per heavy atom. The lowest BCUT2D eigenvalue weighted by molar-refractivity contribution is -0.385. The van der Waals surface area contributed by atoms with Crippen LogP contribution in [0.25, 0.3) is 0 Å². The van der Waals surface area contributed by atoms with Gasteiger partial charge in [-0.3, -0.25) is 10.1 Å². The van der Waals surface area contributed by atoms with Crippen LogP contribution in [-0.2, 0) is 6.42 Å². The molecule has 1 fully saturated rings. The van der Waals surface area contributed by atoms with E-state index in [1.807, 2.05) is 19.1 Å². The zero-order valence-electron chi connectivity index (χ0n) is 12.3. The second kappa shape index (κ2) is 6.81. The first-order valence-electron chi connectivity index (χ1n) is 7.21. The van der Waals surface area contributed by atoms with Crippen LogP contribution < -0.4 is 0 Å². The fourth-order valence-corrected chi connectivity index (χ4v) is 2.66. The van der Waals surface area contributed by atoms with Gasteiger partial charge in [0, 0.05) is 37.8 Å². The van der Waals surface area contributed by atoms with E-state index in [1.54, 1.807) is 6.07 Å². The molecule has 1 saturated heterocycles. The highest BCUT2D eigenvalue weighted by molar-refractivity contribution is 5.41. The van der Waals surface area contributed by atoms with Gasteiger partial charge in [0.05, 0.1) is 4.92 Å². The third-order valence-electron chi connectivity index (χ3n) is 3.99. The van der Waals surface area contributed by atoms with E-state index in [0.717, 1.165) is 51.1 Å². The summed E-state index contributed by atoms with van der Waals surface area (Å²) in [5, 5.41) is 10.8. The minimum Gasteiger partial charge on any atom is -0.304 e. The smallest absolute Gasteiger partial charge is 0.272 e. The Labute approximate surface area is 120 Å². The van der Waals surface area contributed by atoms with Crippen LogP contribution in [0.5, 0.6) is 0 Å². The number of nitro benzene ring substituents is 1. The predicted molar refractivity (Wildman–Crippen MR) is 80.1 cm³/mol. The van der Waals surface area contributed by atoms with E-state index in [2.05, 4.69) is 16.8 Å². The molecule has 2 rings (SSSR count). The average molecular weight is 277 g/mol. The number of rotatable bonds is 5. The quantitative estimate of drug-likeness (QED) is 0.611. The van der Waals surface area contributed by atoms with Crippen LogP contribution in [0.4, 0.5) is 5.69 Å². The third kappa shape index (κ3) is 4.02. The molecule has 5 heteroatoms. The van der Waals surface area contributed by atoms with Crippen LogP contribution in [0.15, 0.2) is 18.2 Å². The van der Waals surface area contributed by atoms with E-state index in [4.69, 9.17) is 0 Å². The Hall–Kier alpha value is -1.46. The molecule has 0 bridgehead atoms. The number of hydrogen-bond donors (Lipinski definition) is 0. The Morgan fingerprint density at radius 1 is 1.25 bits per heavy atom. The van der Waals surface area contributed by atoms with Crippen LogP contribution in [0.1, 0.15) is 17.5 Å². The van der Waals surface area contributed by atoms with E-state index in [-0.39, 0.29) is 10.6 Å². The zero-order valence-corrected chi connectivity index (χ0v) is 12.3. The van der Waals surface area contributed by atoms with Gasteiger partial charge in [0.25, 0.3) is 5.69 Å². The van der Waals surface area contributed by atoms with E-state index in [1.165, 1.54) is 5.56 Å². The maximum absolute atomic E-state index is 10.8. The minimum absolute atomic E-state index is 0.216. The molecule has 110 valence electrons. The lowest BCUT2D eigenvalue weighted by Gasteiger charge is -2.32. The zero-order chi connectivity index (χ0) is 14.5. The van der Waals surface area contributed by atoms with Crippen LogP contribution in [0.3, 0.4) is 0 Å². The minimum atomic E-state index is -0.316. The molecule has 0 radical (unpaired) electrons. The summed E-state index contributed by atoms with van der Waals surface area (Å²) in [6.45, 7) is 7.52. The topological polar surface area (TPSA) is 49.6 Å². The van der Waals surface area contributed by atoms with Gasteiger partial charge in [-0.15, -0.1) is 0 Å². The molecular formula is C15H23N3O2. The van der Waals surface area contributed by atoms with Crippen molar-refractivity contribution in [3.05, 3.63) is 39.4 Å². The van der Waals surface area contributed by atoms with E-state index in [0.29, 0.717) is 0 Å². The first-order chi connectivity index (χ1) is 9.56. The monoisotopic (exact) mass is 277 g/mol. The summed E-state index contributed by atoms with van der Waals surface area (Å²) in [6, 6.07) is 5.46. The first kappa shape index (κ1) is 14.9. The van der Waals surface area contributed by atoms with E-state index < -0.39 is 0 Å². The van der Waals surface area contributed by atoms with Gasteiger partial charge in [-0.2, -0.15) is 0 Å². The number of benzene rings is 1. The Balaban J connectivity index is 1.79. The van der Waals surface area contributed by atoms with E-state index >= 15 is 0 Å². The molecule has 1 heterocycles. The molecule has 0 saturated carbocycles. The van der Waals surface area contributed by atoms with Gasteiger partial charge in [0.15, 0.2) is 0 Å². The molecule has 1 aliphatic rings. The molecule has 0 aromatic heterocycles. The number of likely N-dealkylation sites (N-methyl/N-ethyl adjacent to an activating group) is 1. The van der Waals surface area contributed by atoms with Gasteiger partial charge in [-0.05, 0) is 45.0 Å². The fraction of sp³-hybridized carbons (Fsp3) is 0.600. The van der Waals surface area contributed by atoms with Crippen molar-refractivity contribution in [1.29, 1.82) is 0 Å². The Kier molecular flexibility index (Phi) is 5.09. The molecule has 0 atom stereocenters. The molecule has 5 nitrogen and oxygen atoms in total. The predicted octanol–water partition coefficient (Wildman–Crippen LogP) is 2.08. The van der Waals surface area contributed by atoms with Crippen LogP contribution in [-0.4, -0.2) is 54.5 Å². The normalized spacial score (nSPS) is 17.3. The van der Waals surface area contributed by atoms with Gasteiger partial charge in [0.1, 0.15) is 0 Å². The highest BCUT2D eigenvalue weighted by atomic mass is 16.6. The number of nitro groups is 1. The highest BCUT2D eigenvalue weighted by Gasteiger charge is 2.13. The lowest BCUT2D eigenvalue weighted by atomic mass is 10.1. The lowest BCUT2D eigenvalue weighted by Crippen LogP contribution is -2.44. The van der Waals surface area contributed by atoms with Crippen molar-refractivity contribution in [2.24, 2.45) is 0 Å². The molecule has 1 aromatic carbocycles. The number of nitrogens with zero attached hydrogens (tertiary/aromatic N) is 3. The molecule has 20 heavy (non-hydrogen) atoms. The Bertz CT molecular complexity index is 468. The van der Waals surface area contributed by atoms with Crippen LogP contribution in [0.2, 0.25) is 0 Å². The van der Waals surface area contributed by atoms with Crippen LogP contribution in [0, 0.1) is 17.0 Å². The summed E-state index contributed by atoms with van der Waals surface area (Å²) >= 11 is 0. The Morgan fingerprint density at radius 2 is 1.95 bits per heavy atom. The van der Waals surface area contributed by atoms with Crippen molar-refractivity contribution in [2.75, 3.05) is 39.8 Å². The summed E-state index contributed by atoms with van der Waals surface area (Å²) in [7, 11) is 2.16. The SMILES string of the molecule is Cc1cc(CCCN2CCN(C)CC2)ccc1[N+](=O)[O-]. The van der Waals surface area contributed by atoms with Gasteiger partial charge in [0.2, 0.25) is 0 Å². The molecule has 0 spiro atoms. The van der Waals surface area contributed by atoms with Crippen molar-refractivity contribution >= 4 is 5.69 Å². The van der Waals surface area contributed by atoms with E-state index in [9.17, 15) is 10.1 Å². The second-order valence-electron chi connectivity index (χ2n) is 5.63. The molecule has 0 unspecified atom stereocenters. The van der Waals surface area contributed by atoms with Gasteiger partial charge >= 0.3 is 0 Å². The highest BCUT2D eigenvalue weighted by Crippen LogP contribution is 2.19. The second-order valence-corrected chi connectivity index (χ2v) is 5.63. The van der Waals surface area contributed by atoms with Crippen molar-refractivity contribution < 1.29 is 4.92 Å². The standard InChI is InChI=1S/C15H23N3O2/c1-13-12-14(5-6-15(13)18(19)20)4-3-7-17-10-8-16(2)9-11-17/h5-6,12H,3-4,7-11H2,1-2H3. The van der Waals surface area contributed by atoms with Crippen LogP contribution >= 0.6 is 0 Å². The molecule has 0 N–H and O–H groups in total. The molecule has 0 aliphatic carbocycles. The van der Waals surface area contributed by atoms with Gasteiger partial charge < -0.3 is 9.80 Å². The molecule has 0 amide bonds. The largest absolute Gasteiger partial charge is 0.304 e. The number of aryl methyl sites for hydroxylation is 2. The third-order valence-corrected chi connectivity index (χ3v) is 3.99. The van der Waals surface area contributed by atoms with Crippen molar-refractivity contribution in [2.45, 2.75) is 19.8 Å². The number of piperazine rings is 1. The molecule has 1 aromatic rings. The molecule has 1 aliphatic heterocycles. The summed E-state index contributed by atoms with van der Waals surface area (Å²) < 4.78 is 0. The number of hydrogen-bond acceptors (Lipinski definition) is 4.